The van der Waals surface area contributed by atoms with Crippen LogP contribution in [0.4, 0.5) is 4.79 Å². The van der Waals surface area contributed by atoms with Crippen LogP contribution in [0.1, 0.15) is 48.4 Å². The molecule has 0 saturated heterocycles. The second-order valence-corrected chi connectivity index (χ2v) is 8.22. The van der Waals surface area contributed by atoms with Crippen LogP contribution < -0.4 is 0 Å². The van der Waals surface area contributed by atoms with Crippen molar-refractivity contribution in [2.24, 2.45) is 0 Å². The molecule has 0 aliphatic carbocycles. The van der Waals surface area contributed by atoms with Gasteiger partial charge in [0.2, 0.25) is 5.78 Å². The van der Waals surface area contributed by atoms with E-state index in [9.17, 15) is 9.59 Å². The summed E-state index contributed by atoms with van der Waals surface area (Å²) >= 11 is 0. The first-order valence-corrected chi connectivity index (χ1v) is 9.79. The summed E-state index contributed by atoms with van der Waals surface area (Å²) in [7, 11) is 0. The van der Waals surface area contributed by atoms with E-state index in [4.69, 9.17) is 9.26 Å². The Morgan fingerprint density at radius 2 is 1.77 bits per heavy atom. The summed E-state index contributed by atoms with van der Waals surface area (Å²) in [6.07, 6.45) is 2.36. The van der Waals surface area contributed by atoms with Crippen LogP contribution >= 0.6 is 0 Å². The molecule has 3 aromatic heterocycles. The third kappa shape index (κ3) is 3.84. The zero-order chi connectivity index (χ0) is 22.3. The van der Waals surface area contributed by atoms with Gasteiger partial charge in [0.15, 0.2) is 5.82 Å². The van der Waals surface area contributed by atoms with E-state index in [1.807, 2.05) is 19.9 Å². The minimum absolute atomic E-state index is 0.0219. The minimum atomic E-state index is -0.746. The number of rotatable bonds is 3. The first-order chi connectivity index (χ1) is 14.7. The highest BCUT2D eigenvalue weighted by Gasteiger charge is 2.27. The number of aryl methyl sites for hydroxylation is 2. The largest absolute Gasteiger partial charge is 0.443 e. The fourth-order valence-electron chi connectivity index (χ4n) is 3.40. The lowest BCUT2D eigenvalue weighted by molar-refractivity contribution is 0.0535. The quantitative estimate of drug-likeness (QED) is 0.444. The highest BCUT2D eigenvalue weighted by molar-refractivity contribution is 6.10. The Kier molecular flexibility index (Phi) is 4.93. The van der Waals surface area contributed by atoms with Gasteiger partial charge in [-0.1, -0.05) is 11.2 Å². The average molecular weight is 418 g/mol. The Hall–Kier alpha value is -3.81. The van der Waals surface area contributed by atoms with Gasteiger partial charge in [0.05, 0.1) is 16.7 Å². The van der Waals surface area contributed by atoms with Gasteiger partial charge in [-0.15, -0.1) is 0 Å². The van der Waals surface area contributed by atoms with Crippen molar-refractivity contribution in [1.82, 2.24) is 19.7 Å². The molecule has 0 aliphatic heterocycles. The predicted octanol–water partition coefficient (Wildman–Crippen LogP) is 4.72. The van der Waals surface area contributed by atoms with Gasteiger partial charge in [0, 0.05) is 23.5 Å². The lowest BCUT2D eigenvalue weighted by Crippen LogP contribution is -2.29. The first-order valence-electron chi connectivity index (χ1n) is 9.79. The van der Waals surface area contributed by atoms with Crippen molar-refractivity contribution in [2.75, 3.05) is 0 Å². The number of benzene rings is 1. The number of imidazole rings is 1. The minimum Gasteiger partial charge on any atom is -0.443 e. The molecule has 0 N–H and O–H groups in total. The molecule has 0 spiro atoms. The molecule has 0 radical (unpaired) electrons. The van der Waals surface area contributed by atoms with E-state index in [1.54, 1.807) is 45.0 Å². The number of ether oxygens (including phenoxy) is 1. The highest BCUT2D eigenvalue weighted by Crippen LogP contribution is 2.30. The monoisotopic (exact) mass is 418 g/mol. The number of carbonyl (C=O) groups excluding carboxylic acids is 2. The molecule has 31 heavy (non-hydrogen) atoms. The molecule has 3 heterocycles. The van der Waals surface area contributed by atoms with Crippen LogP contribution in [-0.4, -0.2) is 37.2 Å². The van der Waals surface area contributed by atoms with E-state index < -0.39 is 17.5 Å². The topological polar surface area (TPSA) is 100 Å². The van der Waals surface area contributed by atoms with E-state index in [0.29, 0.717) is 22.4 Å². The second-order valence-electron chi connectivity index (χ2n) is 8.22. The smallest absolute Gasteiger partial charge is 0.420 e. The van der Waals surface area contributed by atoms with Crippen LogP contribution in [0, 0.1) is 13.8 Å². The molecule has 0 fully saturated rings. The number of nitrogens with zero attached hydrogens (tertiary/aromatic N) is 4. The average Bonchev–Trinajstić information content (AvgIpc) is 3.26. The Bertz CT molecular complexity index is 1280. The van der Waals surface area contributed by atoms with Gasteiger partial charge in [-0.3, -0.25) is 9.78 Å². The fourth-order valence-corrected chi connectivity index (χ4v) is 3.40. The van der Waals surface area contributed by atoms with Crippen LogP contribution in [-0.2, 0) is 4.74 Å². The zero-order valence-electron chi connectivity index (χ0n) is 18.0. The number of hydrogen-bond donors (Lipinski definition) is 0. The predicted molar refractivity (Wildman–Crippen MR) is 114 cm³/mol. The maximum Gasteiger partial charge on any atom is 0.420 e. The number of fused-ring (bicyclic) bond motifs is 1. The summed E-state index contributed by atoms with van der Waals surface area (Å²) in [4.78, 5) is 34.7. The Morgan fingerprint density at radius 1 is 1.06 bits per heavy atom. The molecule has 8 heteroatoms. The van der Waals surface area contributed by atoms with Crippen molar-refractivity contribution in [2.45, 2.75) is 40.2 Å². The maximum absolute atomic E-state index is 13.2. The molecule has 4 rings (SSSR count). The molecule has 0 saturated carbocycles. The normalized spacial score (nSPS) is 11.6. The van der Waals surface area contributed by atoms with Crippen molar-refractivity contribution in [3.05, 3.63) is 65.6 Å². The summed E-state index contributed by atoms with van der Waals surface area (Å²) < 4.78 is 12.1. The van der Waals surface area contributed by atoms with Gasteiger partial charge in [0.1, 0.15) is 11.4 Å². The summed E-state index contributed by atoms with van der Waals surface area (Å²) in [5, 5.41) is 4.00. The second kappa shape index (κ2) is 7.46. The molecule has 0 bridgehead atoms. The van der Waals surface area contributed by atoms with Gasteiger partial charge >= 0.3 is 6.09 Å². The Labute approximate surface area is 178 Å². The standard InChI is InChI=1S/C23H22N4O4/c1-13-19(14(2)31-26-13)16-6-7-17-18(12-16)27(22(29)30-23(3,4)5)21(25-17)20(28)15-8-10-24-11-9-15/h6-12H,1-5H3. The number of aromatic nitrogens is 4. The van der Waals surface area contributed by atoms with Gasteiger partial charge in [-0.25, -0.2) is 14.3 Å². The van der Waals surface area contributed by atoms with E-state index in [2.05, 4.69) is 15.1 Å². The van der Waals surface area contributed by atoms with Crippen molar-refractivity contribution in [1.29, 1.82) is 0 Å². The lowest BCUT2D eigenvalue weighted by Gasteiger charge is -2.20. The summed E-state index contributed by atoms with van der Waals surface area (Å²) in [6, 6.07) is 8.58. The lowest BCUT2D eigenvalue weighted by atomic mass is 10.0. The van der Waals surface area contributed by atoms with Crippen molar-refractivity contribution in [3.63, 3.8) is 0 Å². The first kappa shape index (κ1) is 20.5. The third-order valence-corrected chi connectivity index (χ3v) is 4.70. The molecule has 4 aromatic rings. The molecule has 0 unspecified atom stereocenters. The highest BCUT2D eigenvalue weighted by atomic mass is 16.6. The summed E-state index contributed by atoms with van der Waals surface area (Å²) in [6.45, 7) is 8.97. The van der Waals surface area contributed by atoms with Crippen molar-refractivity contribution >= 4 is 22.9 Å². The van der Waals surface area contributed by atoms with Crippen LogP contribution in [0.25, 0.3) is 22.2 Å². The number of carbonyl (C=O) groups is 2. The molecular formula is C23H22N4O4. The molecule has 158 valence electrons. The number of ketones is 1. The maximum atomic E-state index is 13.2. The molecule has 0 amide bonds. The van der Waals surface area contributed by atoms with E-state index >= 15 is 0 Å². The third-order valence-electron chi connectivity index (χ3n) is 4.70. The molecule has 8 nitrogen and oxygen atoms in total. The molecular weight excluding hydrogens is 396 g/mol. The Morgan fingerprint density at radius 3 is 2.39 bits per heavy atom. The van der Waals surface area contributed by atoms with Crippen molar-refractivity contribution in [3.8, 4) is 11.1 Å². The van der Waals surface area contributed by atoms with E-state index in [1.165, 1.54) is 17.0 Å². The Balaban J connectivity index is 1.94. The summed E-state index contributed by atoms with van der Waals surface area (Å²) in [5.41, 5.74) is 2.96. The van der Waals surface area contributed by atoms with Gasteiger partial charge < -0.3 is 9.26 Å². The number of pyridine rings is 1. The van der Waals surface area contributed by atoms with Gasteiger partial charge in [-0.05, 0) is 64.4 Å². The number of hydrogen-bond acceptors (Lipinski definition) is 7. The SMILES string of the molecule is Cc1noc(C)c1-c1ccc2nc(C(=O)c3ccncc3)n(C(=O)OC(C)(C)C)c2c1. The van der Waals surface area contributed by atoms with Gasteiger partial charge in [0.25, 0.3) is 0 Å². The van der Waals surface area contributed by atoms with Crippen molar-refractivity contribution < 1.29 is 18.8 Å². The van der Waals surface area contributed by atoms with Crippen LogP contribution in [0.3, 0.4) is 0 Å². The fraction of sp³-hybridized carbons (Fsp3) is 0.261. The van der Waals surface area contributed by atoms with E-state index in [0.717, 1.165) is 16.8 Å². The zero-order valence-corrected chi connectivity index (χ0v) is 18.0. The van der Waals surface area contributed by atoms with Gasteiger partial charge in [-0.2, -0.15) is 0 Å². The van der Waals surface area contributed by atoms with Crippen LogP contribution in [0.15, 0.2) is 47.2 Å². The van der Waals surface area contributed by atoms with Crippen LogP contribution in [0.5, 0.6) is 0 Å². The summed E-state index contributed by atoms with van der Waals surface area (Å²) in [5.74, 6) is 0.239. The van der Waals surface area contributed by atoms with E-state index in [-0.39, 0.29) is 5.82 Å². The van der Waals surface area contributed by atoms with Crippen LogP contribution in [0.2, 0.25) is 0 Å². The molecule has 1 aromatic carbocycles. The molecule has 0 atom stereocenters. The molecule has 0 aliphatic rings.